The zero-order chi connectivity index (χ0) is 12.3. The fourth-order valence-electron chi connectivity index (χ4n) is 1.44. The molecule has 0 spiro atoms. The third-order valence-corrected chi connectivity index (χ3v) is 2.34. The maximum atomic E-state index is 8.52. The van der Waals surface area contributed by atoms with Crippen molar-refractivity contribution in [2.24, 2.45) is 10.9 Å². The number of oxime groups is 1. The first kappa shape index (κ1) is 13.9. The van der Waals surface area contributed by atoms with Gasteiger partial charge >= 0.3 is 0 Å². The molecule has 0 aliphatic carbocycles. The van der Waals surface area contributed by atoms with Crippen LogP contribution in [0.25, 0.3) is 11.3 Å². The summed E-state index contributed by atoms with van der Waals surface area (Å²) in [6, 6.07) is 10.8. The molecule has 1 aromatic carbocycles. The molecule has 1 aromatic heterocycles. The zero-order valence-electron chi connectivity index (χ0n) is 9.66. The molecule has 0 atom stereocenters. The molecule has 5 nitrogen and oxygen atoms in total. The van der Waals surface area contributed by atoms with Crippen molar-refractivity contribution in [1.82, 2.24) is 0 Å². The minimum Gasteiger partial charge on any atom is -0.497 e. The molecule has 0 aliphatic rings. The molecule has 0 radical (unpaired) electrons. The van der Waals surface area contributed by atoms with Crippen molar-refractivity contribution in [3.8, 4) is 17.1 Å². The Morgan fingerprint density at radius 1 is 1.22 bits per heavy atom. The summed E-state index contributed by atoms with van der Waals surface area (Å²) < 4.78 is 10.5. The standard InChI is InChI=1S/C12H12N2O3.ClH/c1-16-9-4-2-8(3-5-9)10-6-7-11(17-10)12(13)14-15;/h2-7,15H,1H3,(H2,13,14);1H. The average Bonchev–Trinajstić information content (AvgIpc) is 2.87. The summed E-state index contributed by atoms with van der Waals surface area (Å²) >= 11 is 0. The van der Waals surface area contributed by atoms with Crippen molar-refractivity contribution in [1.29, 1.82) is 0 Å². The van der Waals surface area contributed by atoms with Crippen LogP contribution >= 0.6 is 12.4 Å². The third-order valence-electron chi connectivity index (χ3n) is 2.34. The highest BCUT2D eigenvalue weighted by Crippen LogP contribution is 2.24. The van der Waals surface area contributed by atoms with Gasteiger partial charge in [-0.15, -0.1) is 12.4 Å². The molecule has 0 saturated carbocycles. The Bertz CT molecular complexity index is 535. The van der Waals surface area contributed by atoms with Crippen LogP contribution in [0.2, 0.25) is 0 Å². The number of rotatable bonds is 3. The molecule has 2 aromatic rings. The van der Waals surface area contributed by atoms with E-state index in [1.54, 1.807) is 19.2 Å². The van der Waals surface area contributed by atoms with Gasteiger partial charge in [0.25, 0.3) is 0 Å². The van der Waals surface area contributed by atoms with E-state index in [0.717, 1.165) is 11.3 Å². The van der Waals surface area contributed by atoms with Gasteiger partial charge < -0.3 is 20.1 Å². The molecule has 0 aliphatic heterocycles. The van der Waals surface area contributed by atoms with Gasteiger partial charge in [0.05, 0.1) is 7.11 Å². The van der Waals surface area contributed by atoms with Gasteiger partial charge in [-0.2, -0.15) is 0 Å². The molecule has 96 valence electrons. The molecular formula is C12H13ClN2O3. The van der Waals surface area contributed by atoms with Crippen molar-refractivity contribution in [2.75, 3.05) is 7.11 Å². The predicted molar refractivity (Wildman–Crippen MR) is 70.5 cm³/mol. The van der Waals surface area contributed by atoms with Crippen LogP contribution in [0.5, 0.6) is 5.75 Å². The number of halogens is 1. The molecule has 0 saturated heterocycles. The lowest BCUT2D eigenvalue weighted by Gasteiger charge is -2.00. The number of amidine groups is 1. The lowest BCUT2D eigenvalue weighted by molar-refractivity contribution is 0.317. The zero-order valence-corrected chi connectivity index (χ0v) is 10.5. The number of nitrogens with zero attached hydrogens (tertiary/aromatic N) is 1. The van der Waals surface area contributed by atoms with Gasteiger partial charge in [-0.05, 0) is 36.4 Å². The maximum Gasteiger partial charge on any atom is 0.205 e. The number of methoxy groups -OCH3 is 1. The average molecular weight is 269 g/mol. The van der Waals surface area contributed by atoms with Gasteiger partial charge in [-0.3, -0.25) is 0 Å². The van der Waals surface area contributed by atoms with Gasteiger partial charge in [0.2, 0.25) is 5.84 Å². The summed E-state index contributed by atoms with van der Waals surface area (Å²) in [5.41, 5.74) is 6.31. The first-order chi connectivity index (χ1) is 8.24. The summed E-state index contributed by atoms with van der Waals surface area (Å²) in [5, 5.41) is 11.4. The second-order valence-electron chi connectivity index (χ2n) is 3.38. The van der Waals surface area contributed by atoms with Crippen LogP contribution in [-0.2, 0) is 0 Å². The first-order valence-corrected chi connectivity index (χ1v) is 4.96. The van der Waals surface area contributed by atoms with E-state index in [2.05, 4.69) is 5.16 Å². The summed E-state index contributed by atoms with van der Waals surface area (Å²) in [6.07, 6.45) is 0. The number of hydrogen-bond donors (Lipinski definition) is 2. The Morgan fingerprint density at radius 3 is 2.44 bits per heavy atom. The number of furan rings is 1. The minimum absolute atomic E-state index is 0. The topological polar surface area (TPSA) is 81.0 Å². The van der Waals surface area contributed by atoms with Crippen LogP contribution in [0.1, 0.15) is 5.76 Å². The highest BCUT2D eigenvalue weighted by atomic mass is 35.5. The third kappa shape index (κ3) is 2.75. The Balaban J connectivity index is 0.00000162. The fraction of sp³-hybridized carbons (Fsp3) is 0.0833. The number of benzene rings is 1. The fourth-order valence-corrected chi connectivity index (χ4v) is 1.44. The molecule has 0 fully saturated rings. The van der Waals surface area contributed by atoms with Gasteiger partial charge in [0.15, 0.2) is 5.76 Å². The Hall–Kier alpha value is -2.14. The SMILES string of the molecule is COc1ccc(-c2ccc(C(N)=NO)o2)cc1.Cl. The maximum absolute atomic E-state index is 8.52. The van der Waals surface area contributed by atoms with Gasteiger partial charge in [-0.25, -0.2) is 0 Å². The number of nitrogens with two attached hydrogens (primary N) is 1. The molecule has 0 bridgehead atoms. The quantitative estimate of drug-likeness (QED) is 0.388. The molecule has 3 N–H and O–H groups in total. The highest BCUT2D eigenvalue weighted by Gasteiger charge is 2.07. The largest absolute Gasteiger partial charge is 0.497 e. The van der Waals surface area contributed by atoms with Crippen molar-refractivity contribution in [2.45, 2.75) is 0 Å². The van der Waals surface area contributed by atoms with E-state index in [1.165, 1.54) is 0 Å². The van der Waals surface area contributed by atoms with E-state index < -0.39 is 0 Å². The van der Waals surface area contributed by atoms with Crippen molar-refractivity contribution >= 4 is 18.2 Å². The first-order valence-electron chi connectivity index (χ1n) is 4.96. The van der Waals surface area contributed by atoms with Crippen LogP contribution in [0.4, 0.5) is 0 Å². The van der Waals surface area contributed by atoms with Gasteiger partial charge in [-0.1, -0.05) is 5.16 Å². The van der Waals surface area contributed by atoms with E-state index in [4.69, 9.17) is 20.1 Å². The van der Waals surface area contributed by atoms with Crippen molar-refractivity contribution in [3.63, 3.8) is 0 Å². The minimum atomic E-state index is -0.0511. The summed E-state index contributed by atoms with van der Waals surface area (Å²) in [4.78, 5) is 0. The smallest absolute Gasteiger partial charge is 0.205 e. The molecule has 0 amide bonds. The van der Waals surface area contributed by atoms with Crippen LogP contribution in [0.15, 0.2) is 46.0 Å². The van der Waals surface area contributed by atoms with E-state index in [9.17, 15) is 0 Å². The van der Waals surface area contributed by atoms with Crippen LogP contribution in [0, 0.1) is 0 Å². The second-order valence-corrected chi connectivity index (χ2v) is 3.38. The Kier molecular flexibility index (Phi) is 4.62. The van der Waals surface area contributed by atoms with Crippen LogP contribution in [0.3, 0.4) is 0 Å². The summed E-state index contributed by atoms with van der Waals surface area (Å²) in [5.74, 6) is 1.70. The number of ether oxygens (including phenoxy) is 1. The second kappa shape index (κ2) is 5.97. The van der Waals surface area contributed by atoms with E-state index in [1.807, 2.05) is 24.3 Å². The number of hydrogen-bond acceptors (Lipinski definition) is 4. The Morgan fingerprint density at radius 2 is 1.89 bits per heavy atom. The lowest BCUT2D eigenvalue weighted by Crippen LogP contribution is -2.11. The molecule has 0 unspecified atom stereocenters. The molecule has 18 heavy (non-hydrogen) atoms. The lowest BCUT2D eigenvalue weighted by atomic mass is 10.2. The molecule has 6 heteroatoms. The summed E-state index contributed by atoms with van der Waals surface area (Å²) in [7, 11) is 1.61. The van der Waals surface area contributed by atoms with Crippen molar-refractivity contribution in [3.05, 3.63) is 42.2 Å². The normalized spacial score (nSPS) is 10.8. The van der Waals surface area contributed by atoms with E-state index in [-0.39, 0.29) is 18.2 Å². The van der Waals surface area contributed by atoms with Crippen LogP contribution in [-0.4, -0.2) is 18.2 Å². The predicted octanol–water partition coefficient (Wildman–Crippen LogP) is 2.47. The van der Waals surface area contributed by atoms with Gasteiger partial charge in [0.1, 0.15) is 11.5 Å². The van der Waals surface area contributed by atoms with E-state index in [0.29, 0.717) is 11.5 Å². The van der Waals surface area contributed by atoms with E-state index >= 15 is 0 Å². The molecule has 2 rings (SSSR count). The van der Waals surface area contributed by atoms with Crippen molar-refractivity contribution < 1.29 is 14.4 Å². The van der Waals surface area contributed by atoms with Crippen LogP contribution < -0.4 is 10.5 Å². The monoisotopic (exact) mass is 268 g/mol. The van der Waals surface area contributed by atoms with Gasteiger partial charge in [0, 0.05) is 5.56 Å². The molecule has 1 heterocycles. The summed E-state index contributed by atoms with van der Waals surface area (Å²) in [6.45, 7) is 0. The molecular weight excluding hydrogens is 256 g/mol. The Labute approximate surface area is 110 Å². The highest BCUT2D eigenvalue weighted by molar-refractivity contribution is 5.94.